The number of amides is 1. The third-order valence-corrected chi connectivity index (χ3v) is 3.12. The summed E-state index contributed by atoms with van der Waals surface area (Å²) in [5.41, 5.74) is 8.82. The highest BCUT2D eigenvalue weighted by Crippen LogP contribution is 2.20. The number of nitrogens with one attached hydrogen (secondary N) is 1. The van der Waals surface area contributed by atoms with Gasteiger partial charge >= 0.3 is 0 Å². The van der Waals surface area contributed by atoms with E-state index in [-0.39, 0.29) is 0 Å². The van der Waals surface area contributed by atoms with Crippen LogP contribution in [0.15, 0.2) is 43.1 Å². The number of aryl methyl sites for hydroxylation is 1. The van der Waals surface area contributed by atoms with E-state index in [1.54, 1.807) is 19.0 Å². The maximum Gasteiger partial charge on any atom is 0.246 e. The molecule has 0 aromatic heterocycles. The highest BCUT2D eigenvalue weighted by molar-refractivity contribution is 5.85. The van der Waals surface area contributed by atoms with Gasteiger partial charge in [-0.05, 0) is 12.5 Å². The number of carbonyl (C=O) groups excluding carboxylic acids is 1. The molecule has 0 saturated carbocycles. The summed E-state index contributed by atoms with van der Waals surface area (Å²) < 4.78 is 0. The first-order valence-corrected chi connectivity index (χ1v) is 6.03. The Kier molecular flexibility index (Phi) is 4.75. The van der Waals surface area contributed by atoms with Gasteiger partial charge in [0.25, 0.3) is 0 Å². The lowest BCUT2D eigenvalue weighted by Crippen LogP contribution is -2.45. The molecule has 1 rings (SSSR count). The molecule has 4 nitrogen and oxygen atoms in total. The Morgan fingerprint density at radius 2 is 1.84 bits per heavy atom. The maximum atomic E-state index is 11.6. The number of benzene rings is 1. The fraction of sp³-hybridized carbons (Fsp3) is 0.267. The highest BCUT2D eigenvalue weighted by atomic mass is 16.1. The minimum absolute atomic E-state index is 0.463. The summed E-state index contributed by atoms with van der Waals surface area (Å²) in [4.78, 5) is 13.3. The Balaban J connectivity index is 2.99. The van der Waals surface area contributed by atoms with Crippen LogP contribution in [0.2, 0.25) is 0 Å². The van der Waals surface area contributed by atoms with Crippen LogP contribution >= 0.6 is 0 Å². The van der Waals surface area contributed by atoms with E-state index in [9.17, 15) is 4.79 Å². The molecule has 0 aliphatic rings. The Labute approximate surface area is 114 Å². The molecule has 1 aromatic rings. The van der Waals surface area contributed by atoms with E-state index in [1.807, 2.05) is 31.2 Å². The Bertz CT molecular complexity index is 491. The fourth-order valence-corrected chi connectivity index (χ4v) is 1.84. The number of primary amides is 1. The van der Waals surface area contributed by atoms with Crippen molar-refractivity contribution in [3.63, 3.8) is 0 Å². The van der Waals surface area contributed by atoms with Crippen LogP contribution in [0.3, 0.4) is 0 Å². The zero-order chi connectivity index (χ0) is 14.6. The first-order valence-electron chi connectivity index (χ1n) is 6.03. The summed E-state index contributed by atoms with van der Waals surface area (Å²) in [6, 6.07) is 7.31. The molecule has 0 spiro atoms. The molecule has 4 heteroatoms. The molecule has 1 amide bonds. The fourth-order valence-electron chi connectivity index (χ4n) is 1.84. The van der Waals surface area contributed by atoms with E-state index in [4.69, 9.17) is 5.73 Å². The van der Waals surface area contributed by atoms with Gasteiger partial charge in [0.2, 0.25) is 5.91 Å². The third-order valence-electron chi connectivity index (χ3n) is 3.12. The normalized spacial score (nSPS) is 11.5. The molecule has 0 radical (unpaired) electrons. The molecular weight excluding hydrogens is 238 g/mol. The molecule has 0 fully saturated rings. The summed E-state index contributed by atoms with van der Waals surface area (Å²) in [6.07, 6.45) is 0. The highest BCUT2D eigenvalue weighted by Gasteiger charge is 2.24. The molecule has 1 aromatic carbocycles. The Hall–Kier alpha value is -2.23. The van der Waals surface area contributed by atoms with Crippen LogP contribution in [0.4, 0.5) is 0 Å². The largest absolute Gasteiger partial charge is 0.390 e. The van der Waals surface area contributed by atoms with Gasteiger partial charge in [0.15, 0.2) is 0 Å². The average Bonchev–Trinajstić information content (AvgIpc) is 2.38. The number of nitrogens with zero attached hydrogens (tertiary/aromatic N) is 1. The van der Waals surface area contributed by atoms with Crippen molar-refractivity contribution < 1.29 is 4.79 Å². The third kappa shape index (κ3) is 3.37. The van der Waals surface area contributed by atoms with Crippen LogP contribution in [-0.4, -0.2) is 30.9 Å². The molecule has 3 N–H and O–H groups in total. The van der Waals surface area contributed by atoms with Crippen molar-refractivity contribution in [2.75, 3.05) is 14.1 Å². The zero-order valence-electron chi connectivity index (χ0n) is 11.7. The zero-order valence-corrected chi connectivity index (χ0v) is 11.7. The van der Waals surface area contributed by atoms with Crippen LogP contribution in [0.5, 0.6) is 0 Å². The summed E-state index contributed by atoms with van der Waals surface area (Å²) in [5.74, 6) is -0.463. The van der Waals surface area contributed by atoms with Gasteiger partial charge in [-0.2, -0.15) is 0 Å². The topological polar surface area (TPSA) is 58.4 Å². The molecule has 0 aliphatic carbocycles. The lowest BCUT2D eigenvalue weighted by Gasteiger charge is -2.30. The molecule has 1 atom stereocenters. The van der Waals surface area contributed by atoms with Crippen LogP contribution in [0.1, 0.15) is 11.1 Å². The first-order chi connectivity index (χ1) is 8.88. The number of rotatable bonds is 6. The maximum absolute atomic E-state index is 11.6. The van der Waals surface area contributed by atoms with Crippen molar-refractivity contribution in [2.24, 2.45) is 5.73 Å². The van der Waals surface area contributed by atoms with E-state index in [1.165, 1.54) is 5.56 Å². The van der Waals surface area contributed by atoms with Crippen molar-refractivity contribution >= 4 is 11.6 Å². The predicted molar refractivity (Wildman–Crippen MR) is 79.2 cm³/mol. The standard InChI is InChI=1S/C15H21N3O/c1-10-6-8-13(9-7-10)12(3)18(5)14(15(16)19)11(2)17-4/h6-9,14,17H,2-3H2,1,4-5H3,(H2,16,19). The molecule has 0 aliphatic heterocycles. The number of likely N-dealkylation sites (N-methyl/N-ethyl adjacent to an activating group) is 2. The molecule has 0 saturated heterocycles. The molecular formula is C15H21N3O. The van der Waals surface area contributed by atoms with Gasteiger partial charge in [-0.25, -0.2) is 0 Å². The van der Waals surface area contributed by atoms with Crippen LogP contribution in [0.25, 0.3) is 5.70 Å². The summed E-state index contributed by atoms with van der Waals surface area (Å²) in [6.45, 7) is 9.85. The van der Waals surface area contributed by atoms with E-state index < -0.39 is 11.9 Å². The summed E-state index contributed by atoms with van der Waals surface area (Å²) >= 11 is 0. The second-order valence-electron chi connectivity index (χ2n) is 4.50. The van der Waals surface area contributed by atoms with Gasteiger partial charge in [0, 0.05) is 25.5 Å². The van der Waals surface area contributed by atoms with Crippen molar-refractivity contribution in [2.45, 2.75) is 13.0 Å². The minimum atomic E-state index is -0.626. The minimum Gasteiger partial charge on any atom is -0.390 e. The van der Waals surface area contributed by atoms with E-state index >= 15 is 0 Å². The monoisotopic (exact) mass is 259 g/mol. The van der Waals surface area contributed by atoms with Crippen LogP contribution < -0.4 is 11.1 Å². The summed E-state index contributed by atoms with van der Waals surface area (Å²) in [5, 5.41) is 2.86. The number of carbonyl (C=O) groups is 1. The van der Waals surface area contributed by atoms with E-state index in [0.29, 0.717) is 5.70 Å². The van der Waals surface area contributed by atoms with Crippen LogP contribution in [0, 0.1) is 6.92 Å². The SMILES string of the molecule is C=C(NC)C(C(N)=O)N(C)C(=C)c1ccc(C)cc1. The van der Waals surface area contributed by atoms with E-state index in [0.717, 1.165) is 11.3 Å². The predicted octanol–water partition coefficient (Wildman–Crippen LogP) is 1.48. The van der Waals surface area contributed by atoms with Crippen LogP contribution in [-0.2, 0) is 4.79 Å². The Morgan fingerprint density at radius 1 is 1.32 bits per heavy atom. The number of nitrogens with two attached hydrogens (primary N) is 1. The average molecular weight is 259 g/mol. The van der Waals surface area contributed by atoms with Gasteiger partial charge in [-0.3, -0.25) is 4.79 Å². The smallest absolute Gasteiger partial charge is 0.246 e. The molecule has 0 heterocycles. The molecule has 19 heavy (non-hydrogen) atoms. The second-order valence-corrected chi connectivity index (χ2v) is 4.50. The van der Waals surface area contributed by atoms with Crippen molar-refractivity contribution in [1.82, 2.24) is 10.2 Å². The number of hydrogen-bond donors (Lipinski definition) is 2. The lowest BCUT2D eigenvalue weighted by molar-refractivity contribution is -0.120. The van der Waals surface area contributed by atoms with E-state index in [2.05, 4.69) is 18.5 Å². The first kappa shape index (κ1) is 14.8. The van der Waals surface area contributed by atoms with Gasteiger partial charge in [-0.15, -0.1) is 0 Å². The molecule has 0 bridgehead atoms. The second kappa shape index (κ2) is 6.09. The molecule has 102 valence electrons. The van der Waals surface area contributed by atoms with Gasteiger partial charge in [0.05, 0.1) is 0 Å². The summed E-state index contributed by atoms with van der Waals surface area (Å²) in [7, 11) is 3.49. The van der Waals surface area contributed by atoms with Gasteiger partial charge < -0.3 is 16.0 Å². The number of hydrogen-bond acceptors (Lipinski definition) is 3. The quantitative estimate of drug-likeness (QED) is 0.813. The lowest BCUT2D eigenvalue weighted by atomic mass is 10.1. The molecule has 1 unspecified atom stereocenters. The van der Waals surface area contributed by atoms with Crippen molar-refractivity contribution in [1.29, 1.82) is 0 Å². The van der Waals surface area contributed by atoms with Gasteiger partial charge in [-0.1, -0.05) is 43.0 Å². The van der Waals surface area contributed by atoms with Crippen molar-refractivity contribution in [3.05, 3.63) is 54.2 Å². The Morgan fingerprint density at radius 3 is 2.26 bits per heavy atom. The van der Waals surface area contributed by atoms with Crippen molar-refractivity contribution in [3.8, 4) is 0 Å². The van der Waals surface area contributed by atoms with Gasteiger partial charge in [0.1, 0.15) is 6.04 Å².